The Kier molecular flexibility index (Phi) is 7.53. The van der Waals surface area contributed by atoms with Gasteiger partial charge in [0.15, 0.2) is 11.5 Å². The fourth-order valence-corrected chi connectivity index (χ4v) is 6.59. The van der Waals surface area contributed by atoms with Crippen LogP contribution in [0, 0.1) is 11.6 Å². The van der Waals surface area contributed by atoms with E-state index in [4.69, 9.17) is 4.52 Å². The summed E-state index contributed by atoms with van der Waals surface area (Å²) in [4.78, 5) is 36.7. The van der Waals surface area contributed by atoms with Gasteiger partial charge in [-0.1, -0.05) is 5.16 Å². The van der Waals surface area contributed by atoms with E-state index < -0.39 is 34.2 Å². The molecule has 4 heterocycles. The van der Waals surface area contributed by atoms with Gasteiger partial charge in [-0.2, -0.15) is 0 Å². The van der Waals surface area contributed by atoms with Crippen LogP contribution in [-0.2, 0) is 10.3 Å². The Morgan fingerprint density at radius 2 is 1.91 bits per heavy atom. The van der Waals surface area contributed by atoms with E-state index in [0.29, 0.717) is 25.9 Å². The Morgan fingerprint density at radius 1 is 1.16 bits per heavy atom. The van der Waals surface area contributed by atoms with Crippen molar-refractivity contribution in [3.05, 3.63) is 71.7 Å². The molecule has 0 atom stereocenters. The molecule has 2 aliphatic rings. The number of amides is 2. The van der Waals surface area contributed by atoms with Gasteiger partial charge in [0, 0.05) is 49.0 Å². The molecule has 1 saturated carbocycles. The second kappa shape index (κ2) is 11.1. The molecule has 1 aliphatic carbocycles. The number of hydrogen-bond donors (Lipinski definition) is 4. The normalized spacial score (nSPS) is 22.0. The first-order valence-electron chi connectivity index (χ1n) is 14.8. The number of pyridine rings is 1. The summed E-state index contributed by atoms with van der Waals surface area (Å²) in [5.41, 5.74) is -0.772. The van der Waals surface area contributed by atoms with Crippen LogP contribution in [0.2, 0.25) is 0 Å². The molecule has 0 unspecified atom stereocenters. The number of hydrogen-bond acceptors (Lipinski definition) is 7. The summed E-state index contributed by atoms with van der Waals surface area (Å²) in [6.07, 6.45) is 6.52. The third-order valence-corrected chi connectivity index (χ3v) is 8.96. The molecule has 44 heavy (non-hydrogen) atoms. The van der Waals surface area contributed by atoms with Gasteiger partial charge in [-0.25, -0.2) is 13.8 Å². The van der Waals surface area contributed by atoms with Gasteiger partial charge in [-0.3, -0.25) is 14.5 Å². The third-order valence-electron chi connectivity index (χ3n) is 8.96. The van der Waals surface area contributed by atoms with Gasteiger partial charge in [0.05, 0.1) is 28.7 Å². The molecule has 4 aromatic rings. The number of carbonyl (C=O) groups is 2. The zero-order valence-corrected chi connectivity index (χ0v) is 24.9. The predicted octanol–water partition coefficient (Wildman–Crippen LogP) is 4.42. The van der Waals surface area contributed by atoms with Gasteiger partial charge in [-0.05, 0) is 76.3 Å². The predicted molar refractivity (Wildman–Crippen MR) is 158 cm³/mol. The minimum atomic E-state index is -0.890. The second-order valence-electron chi connectivity index (χ2n) is 13.0. The lowest BCUT2D eigenvalue weighted by Crippen LogP contribution is -2.73. The quantitative estimate of drug-likeness (QED) is 0.233. The maximum absolute atomic E-state index is 14.3. The van der Waals surface area contributed by atoms with Crippen molar-refractivity contribution in [2.75, 3.05) is 13.1 Å². The molecule has 4 N–H and O–H groups in total. The lowest BCUT2D eigenvalue weighted by Gasteiger charge is -2.54. The minimum absolute atomic E-state index is 0.0147. The number of likely N-dealkylation sites (tertiary alicyclic amines) is 1. The van der Waals surface area contributed by atoms with Gasteiger partial charge < -0.3 is 25.2 Å². The summed E-state index contributed by atoms with van der Waals surface area (Å²) >= 11 is 0. The summed E-state index contributed by atoms with van der Waals surface area (Å²) in [7, 11) is 0. The molecule has 2 fully saturated rings. The number of rotatable bonds is 8. The molecule has 3 aromatic heterocycles. The van der Waals surface area contributed by atoms with E-state index in [9.17, 15) is 23.5 Å². The highest BCUT2D eigenvalue weighted by atomic mass is 19.1. The van der Waals surface area contributed by atoms with Gasteiger partial charge in [0.2, 0.25) is 5.91 Å². The Hall–Kier alpha value is -4.16. The van der Waals surface area contributed by atoms with Crippen LogP contribution in [0.3, 0.4) is 0 Å². The molecular weight excluding hydrogens is 570 g/mol. The number of carbonyl (C=O) groups excluding carboxylic acids is 2. The zero-order chi connectivity index (χ0) is 31.3. The van der Waals surface area contributed by atoms with Crippen LogP contribution >= 0.6 is 0 Å². The Morgan fingerprint density at radius 3 is 2.64 bits per heavy atom. The van der Waals surface area contributed by atoms with Crippen molar-refractivity contribution in [1.82, 2.24) is 30.7 Å². The molecule has 12 heteroatoms. The topological polar surface area (TPSA) is 136 Å². The lowest BCUT2D eigenvalue weighted by molar-refractivity contribution is -0.127. The Labute approximate surface area is 253 Å². The van der Waals surface area contributed by atoms with Crippen LogP contribution in [0.5, 0.6) is 0 Å². The largest absolute Gasteiger partial charge is 0.390 e. The summed E-state index contributed by atoms with van der Waals surface area (Å²) in [6.45, 7) is 6.57. The maximum atomic E-state index is 14.3. The van der Waals surface area contributed by atoms with E-state index in [2.05, 4.69) is 30.7 Å². The van der Waals surface area contributed by atoms with Crippen molar-refractivity contribution in [3.63, 3.8) is 0 Å². The highest BCUT2D eigenvalue weighted by Gasteiger charge is 2.49. The number of halogens is 2. The summed E-state index contributed by atoms with van der Waals surface area (Å²) in [5, 5.41) is 21.3. The van der Waals surface area contributed by atoms with Gasteiger partial charge in [-0.15, -0.1) is 0 Å². The number of fused-ring (bicyclic) bond motifs is 1. The number of aliphatic hydroxyl groups is 1. The third kappa shape index (κ3) is 5.96. The van der Waals surface area contributed by atoms with Crippen LogP contribution in [-0.4, -0.2) is 67.2 Å². The number of aromatic amines is 1. The first kappa shape index (κ1) is 29.9. The standard InChI is InChI=1S/C32H36F2N6O4/c1-30(2,23-9-13-36-28-21(23)8-12-35-28)37-27(41)16-32(17-40(18-32)20-6-10-31(3,43)11-7-20)38-29(42)25-15-26(44-39-25)22-5-4-19(33)14-24(22)34/h4-5,8-9,12-15,20,43H,6-7,10-11,16-18H2,1-3H3,(H,35,36)(H,37,41)(H,38,42). The van der Waals surface area contributed by atoms with E-state index in [0.717, 1.165) is 41.6 Å². The molecule has 0 spiro atoms. The van der Waals surface area contributed by atoms with Crippen molar-refractivity contribution >= 4 is 22.8 Å². The number of nitrogens with zero attached hydrogens (tertiary/aromatic N) is 3. The molecule has 1 saturated heterocycles. The average Bonchev–Trinajstić information content (AvgIpc) is 3.61. The maximum Gasteiger partial charge on any atom is 0.274 e. The monoisotopic (exact) mass is 606 g/mol. The van der Waals surface area contributed by atoms with Crippen molar-refractivity contribution in [1.29, 1.82) is 0 Å². The van der Waals surface area contributed by atoms with E-state index in [-0.39, 0.29) is 35.4 Å². The molecule has 0 bridgehead atoms. The minimum Gasteiger partial charge on any atom is -0.390 e. The molecule has 2 amide bonds. The van der Waals surface area contributed by atoms with E-state index in [1.807, 2.05) is 32.9 Å². The molecule has 10 nitrogen and oxygen atoms in total. The molecule has 0 radical (unpaired) electrons. The molecule has 6 rings (SSSR count). The van der Waals surface area contributed by atoms with Crippen LogP contribution in [0.15, 0.2) is 53.3 Å². The number of nitrogens with one attached hydrogen (secondary N) is 3. The van der Waals surface area contributed by atoms with Gasteiger partial charge >= 0.3 is 0 Å². The zero-order valence-electron chi connectivity index (χ0n) is 24.9. The van der Waals surface area contributed by atoms with Crippen LogP contribution < -0.4 is 10.6 Å². The first-order chi connectivity index (χ1) is 20.8. The highest BCUT2D eigenvalue weighted by molar-refractivity contribution is 5.94. The summed E-state index contributed by atoms with van der Waals surface area (Å²) < 4.78 is 32.9. The Balaban J connectivity index is 1.19. The van der Waals surface area contributed by atoms with Crippen LogP contribution in [0.4, 0.5) is 8.78 Å². The SMILES string of the molecule is CC1(O)CCC(N2CC(CC(=O)NC(C)(C)c3ccnc4[nH]ccc34)(NC(=O)c3cc(-c4ccc(F)cc4F)on3)C2)CC1. The average molecular weight is 607 g/mol. The molecular formula is C32H36F2N6O4. The lowest BCUT2D eigenvalue weighted by atomic mass is 9.78. The smallest absolute Gasteiger partial charge is 0.274 e. The number of H-pyrrole nitrogens is 1. The second-order valence-corrected chi connectivity index (χ2v) is 13.0. The van der Waals surface area contributed by atoms with Gasteiger partial charge in [0.25, 0.3) is 5.91 Å². The first-order valence-corrected chi connectivity index (χ1v) is 14.8. The molecule has 1 aliphatic heterocycles. The van der Waals surface area contributed by atoms with E-state index >= 15 is 0 Å². The molecule has 232 valence electrons. The van der Waals surface area contributed by atoms with Crippen molar-refractivity contribution < 1.29 is 28.0 Å². The number of benzene rings is 1. The van der Waals surface area contributed by atoms with Crippen LogP contribution in [0.25, 0.3) is 22.4 Å². The van der Waals surface area contributed by atoms with Crippen LogP contribution in [0.1, 0.15) is 68.9 Å². The fraction of sp³-hybridized carbons (Fsp3) is 0.438. The van der Waals surface area contributed by atoms with Crippen molar-refractivity contribution in [3.8, 4) is 11.3 Å². The summed E-state index contributed by atoms with van der Waals surface area (Å²) in [5.74, 6) is -2.39. The van der Waals surface area contributed by atoms with Crippen molar-refractivity contribution in [2.24, 2.45) is 0 Å². The Bertz CT molecular complexity index is 1700. The van der Waals surface area contributed by atoms with E-state index in [1.165, 1.54) is 12.1 Å². The van der Waals surface area contributed by atoms with E-state index in [1.54, 1.807) is 12.4 Å². The van der Waals surface area contributed by atoms with Crippen molar-refractivity contribution in [2.45, 2.75) is 75.6 Å². The van der Waals surface area contributed by atoms with Gasteiger partial charge in [0.1, 0.15) is 17.3 Å². The highest BCUT2D eigenvalue weighted by Crippen LogP contribution is 2.37. The molecule has 1 aromatic carbocycles. The number of aromatic nitrogens is 3. The summed E-state index contributed by atoms with van der Waals surface area (Å²) in [6, 6.07) is 8.37. The fourth-order valence-electron chi connectivity index (χ4n) is 6.59.